The SMILES string of the molecule is CCOC(=O)C1=C(C)N(Cc2cccc(C(=O)N3CCN(CC)CC3)c2)C(=O)CC1c1ccccc1Cl. The summed E-state index contributed by atoms with van der Waals surface area (Å²) < 4.78 is 5.38. The first-order chi connectivity index (χ1) is 17.8. The van der Waals surface area contributed by atoms with Crippen molar-refractivity contribution in [3.63, 3.8) is 0 Å². The first kappa shape index (κ1) is 26.9. The summed E-state index contributed by atoms with van der Waals surface area (Å²) in [5.74, 6) is -1.03. The van der Waals surface area contributed by atoms with Crippen LogP contribution in [0.4, 0.5) is 0 Å². The topological polar surface area (TPSA) is 70.2 Å². The van der Waals surface area contributed by atoms with Gasteiger partial charge in [-0.2, -0.15) is 0 Å². The largest absolute Gasteiger partial charge is 0.463 e. The van der Waals surface area contributed by atoms with Crippen LogP contribution in [0, 0.1) is 0 Å². The Balaban J connectivity index is 1.60. The molecule has 0 bridgehead atoms. The average molecular weight is 524 g/mol. The molecule has 7 nitrogen and oxygen atoms in total. The van der Waals surface area contributed by atoms with E-state index in [9.17, 15) is 14.4 Å². The lowest BCUT2D eigenvalue weighted by molar-refractivity contribution is -0.140. The Hall–Kier alpha value is -3.16. The third-order valence-electron chi connectivity index (χ3n) is 7.22. The van der Waals surface area contributed by atoms with Crippen molar-refractivity contribution in [1.29, 1.82) is 0 Å². The number of esters is 1. The van der Waals surface area contributed by atoms with Crippen LogP contribution in [-0.4, -0.2) is 71.8 Å². The van der Waals surface area contributed by atoms with E-state index in [1.807, 2.05) is 47.4 Å². The zero-order valence-corrected chi connectivity index (χ0v) is 22.5. The van der Waals surface area contributed by atoms with Gasteiger partial charge in [0.15, 0.2) is 0 Å². The van der Waals surface area contributed by atoms with Gasteiger partial charge in [-0.1, -0.05) is 48.9 Å². The van der Waals surface area contributed by atoms with Gasteiger partial charge in [0.1, 0.15) is 0 Å². The van der Waals surface area contributed by atoms with Crippen LogP contribution in [0.3, 0.4) is 0 Å². The van der Waals surface area contributed by atoms with Crippen LogP contribution >= 0.6 is 11.6 Å². The normalized spacial score (nSPS) is 18.8. The number of halogens is 1. The summed E-state index contributed by atoms with van der Waals surface area (Å²) >= 11 is 6.46. The number of hydrogen-bond donors (Lipinski definition) is 0. The van der Waals surface area contributed by atoms with Crippen LogP contribution in [0.5, 0.6) is 0 Å². The summed E-state index contributed by atoms with van der Waals surface area (Å²) in [6.45, 7) is 10.3. The number of likely N-dealkylation sites (N-methyl/N-ethyl adjacent to an activating group) is 1. The highest BCUT2D eigenvalue weighted by atomic mass is 35.5. The fourth-order valence-electron chi connectivity index (χ4n) is 5.14. The fraction of sp³-hybridized carbons (Fsp3) is 0.414. The van der Waals surface area contributed by atoms with Gasteiger partial charge in [0.2, 0.25) is 5.91 Å². The molecule has 1 atom stereocenters. The second-order valence-corrected chi connectivity index (χ2v) is 9.81. The Kier molecular flexibility index (Phi) is 8.67. The standard InChI is InChI=1S/C29H34ClN3O4/c1-4-31-13-15-32(16-14-31)28(35)22-10-8-9-21(17-22)19-33-20(3)27(29(36)37-5-2)24(18-26(33)34)23-11-6-7-12-25(23)30/h6-12,17,24H,4-5,13-16,18-19H2,1-3H3. The quantitative estimate of drug-likeness (QED) is 0.501. The Labute approximate surface area is 223 Å². The van der Waals surface area contributed by atoms with Crippen molar-refractivity contribution in [1.82, 2.24) is 14.7 Å². The van der Waals surface area contributed by atoms with E-state index < -0.39 is 11.9 Å². The highest BCUT2D eigenvalue weighted by Gasteiger charge is 2.37. The predicted molar refractivity (Wildman–Crippen MR) is 143 cm³/mol. The van der Waals surface area contributed by atoms with Crippen LogP contribution in [0.25, 0.3) is 0 Å². The van der Waals surface area contributed by atoms with E-state index in [0.717, 1.165) is 30.8 Å². The maximum atomic E-state index is 13.4. The molecule has 8 heteroatoms. The number of amides is 2. The Bertz CT molecular complexity index is 1200. The average Bonchev–Trinajstić information content (AvgIpc) is 2.91. The van der Waals surface area contributed by atoms with Crippen LogP contribution in [0.1, 0.15) is 54.6 Å². The van der Waals surface area contributed by atoms with Gasteiger partial charge >= 0.3 is 5.97 Å². The second kappa shape index (κ2) is 11.9. The molecule has 2 aliphatic heterocycles. The zero-order chi connectivity index (χ0) is 26.5. The van der Waals surface area contributed by atoms with Gasteiger partial charge in [0.05, 0.1) is 18.7 Å². The Morgan fingerprint density at radius 1 is 1.03 bits per heavy atom. The molecule has 2 aromatic rings. The highest BCUT2D eigenvalue weighted by molar-refractivity contribution is 6.31. The molecule has 1 fully saturated rings. The van der Waals surface area contributed by atoms with E-state index in [1.54, 1.807) is 24.8 Å². The molecule has 4 rings (SSSR count). The van der Waals surface area contributed by atoms with Gasteiger partial charge in [-0.25, -0.2) is 4.79 Å². The van der Waals surface area contributed by atoms with Crippen LogP contribution in [-0.2, 0) is 20.9 Å². The van der Waals surface area contributed by atoms with Gasteiger partial charge in [-0.05, 0) is 49.7 Å². The number of rotatable bonds is 7. The third kappa shape index (κ3) is 5.89. The Morgan fingerprint density at radius 3 is 2.43 bits per heavy atom. The number of carbonyl (C=O) groups is 3. The molecule has 196 valence electrons. The van der Waals surface area contributed by atoms with E-state index in [1.165, 1.54) is 0 Å². The molecule has 0 saturated carbocycles. The van der Waals surface area contributed by atoms with Crippen molar-refractivity contribution >= 4 is 29.4 Å². The number of piperazine rings is 1. The molecule has 1 unspecified atom stereocenters. The first-order valence-corrected chi connectivity index (χ1v) is 13.2. The smallest absolute Gasteiger partial charge is 0.336 e. The maximum absolute atomic E-state index is 13.4. The third-order valence-corrected chi connectivity index (χ3v) is 7.56. The van der Waals surface area contributed by atoms with Crippen molar-refractivity contribution in [2.75, 3.05) is 39.3 Å². The van der Waals surface area contributed by atoms with Gasteiger partial charge < -0.3 is 19.4 Å². The molecule has 0 spiro atoms. The molecule has 2 amide bonds. The lowest BCUT2D eigenvalue weighted by Gasteiger charge is -2.35. The van der Waals surface area contributed by atoms with Crippen molar-refractivity contribution in [3.05, 3.63) is 81.5 Å². The molecule has 37 heavy (non-hydrogen) atoms. The van der Waals surface area contributed by atoms with E-state index in [4.69, 9.17) is 16.3 Å². The van der Waals surface area contributed by atoms with Crippen LogP contribution in [0.2, 0.25) is 5.02 Å². The molecular formula is C29H34ClN3O4. The lowest BCUT2D eigenvalue weighted by Crippen LogP contribution is -2.48. The van der Waals surface area contributed by atoms with Gasteiger partial charge in [0, 0.05) is 54.8 Å². The fourth-order valence-corrected chi connectivity index (χ4v) is 5.40. The predicted octanol–water partition coefficient (Wildman–Crippen LogP) is 4.47. The molecule has 2 aromatic carbocycles. The molecular weight excluding hydrogens is 490 g/mol. The molecule has 0 radical (unpaired) electrons. The molecule has 1 saturated heterocycles. The highest BCUT2D eigenvalue weighted by Crippen LogP contribution is 2.40. The van der Waals surface area contributed by atoms with E-state index in [-0.39, 0.29) is 31.4 Å². The minimum absolute atomic E-state index is 0.000772. The molecule has 2 aliphatic rings. The van der Waals surface area contributed by atoms with Gasteiger partial charge in [-0.15, -0.1) is 0 Å². The molecule has 2 heterocycles. The lowest BCUT2D eigenvalue weighted by atomic mass is 9.83. The van der Waals surface area contributed by atoms with Gasteiger partial charge in [-0.3, -0.25) is 9.59 Å². The van der Waals surface area contributed by atoms with Crippen molar-refractivity contribution in [2.24, 2.45) is 0 Å². The number of allylic oxidation sites excluding steroid dienone is 1. The van der Waals surface area contributed by atoms with E-state index >= 15 is 0 Å². The van der Waals surface area contributed by atoms with Crippen molar-refractivity contribution in [2.45, 2.75) is 39.7 Å². The summed E-state index contributed by atoms with van der Waals surface area (Å²) in [6, 6.07) is 14.7. The van der Waals surface area contributed by atoms with E-state index in [0.29, 0.717) is 34.9 Å². The summed E-state index contributed by atoms with van der Waals surface area (Å²) in [7, 11) is 0. The summed E-state index contributed by atoms with van der Waals surface area (Å²) in [4.78, 5) is 45.4. The number of nitrogens with zero attached hydrogens (tertiary/aromatic N) is 3. The van der Waals surface area contributed by atoms with Crippen LogP contribution in [0.15, 0.2) is 59.8 Å². The summed E-state index contributed by atoms with van der Waals surface area (Å²) in [5, 5.41) is 0.509. The Morgan fingerprint density at radius 2 is 1.76 bits per heavy atom. The van der Waals surface area contributed by atoms with Gasteiger partial charge in [0.25, 0.3) is 5.91 Å². The van der Waals surface area contributed by atoms with E-state index in [2.05, 4.69) is 11.8 Å². The first-order valence-electron chi connectivity index (χ1n) is 12.9. The molecule has 0 N–H and O–H groups in total. The summed E-state index contributed by atoms with van der Waals surface area (Å²) in [6.07, 6.45) is 0.107. The number of benzene rings is 2. The molecule has 0 aliphatic carbocycles. The molecule has 0 aromatic heterocycles. The zero-order valence-electron chi connectivity index (χ0n) is 21.7. The minimum Gasteiger partial charge on any atom is -0.463 e. The van der Waals surface area contributed by atoms with Crippen molar-refractivity contribution < 1.29 is 19.1 Å². The summed E-state index contributed by atoms with van der Waals surface area (Å²) in [5.41, 5.74) is 3.15. The number of hydrogen-bond acceptors (Lipinski definition) is 5. The van der Waals surface area contributed by atoms with Crippen molar-refractivity contribution in [3.8, 4) is 0 Å². The van der Waals surface area contributed by atoms with Crippen LogP contribution < -0.4 is 0 Å². The maximum Gasteiger partial charge on any atom is 0.336 e. The second-order valence-electron chi connectivity index (χ2n) is 9.40. The number of ether oxygens (including phenoxy) is 1. The number of carbonyl (C=O) groups excluding carboxylic acids is 3. The minimum atomic E-state index is -0.480. The monoisotopic (exact) mass is 523 g/mol.